The van der Waals surface area contributed by atoms with E-state index >= 15 is 0 Å². The molecule has 0 heterocycles. The fourth-order valence-corrected chi connectivity index (χ4v) is 4.40. The molecule has 0 spiro atoms. The molecule has 2 aromatic rings. The van der Waals surface area contributed by atoms with Crippen LogP contribution in [-0.2, 0) is 21.5 Å². The van der Waals surface area contributed by atoms with Crippen LogP contribution in [0.1, 0.15) is 70.9 Å². The van der Waals surface area contributed by atoms with Gasteiger partial charge in [-0.2, -0.15) is 0 Å². The van der Waals surface area contributed by atoms with Crippen LogP contribution in [0.5, 0.6) is 5.75 Å². The third-order valence-corrected chi connectivity index (χ3v) is 6.46. The molecule has 6 heteroatoms. The fraction of sp³-hybridized carbons (Fsp3) is 0.500. The van der Waals surface area contributed by atoms with Crippen LogP contribution in [0.2, 0.25) is 0 Å². The van der Waals surface area contributed by atoms with Crippen LogP contribution in [0.15, 0.2) is 48.5 Å². The minimum Gasteiger partial charge on any atom is -0.483 e. The zero-order valence-electron chi connectivity index (χ0n) is 20.8. The van der Waals surface area contributed by atoms with E-state index in [1.807, 2.05) is 24.3 Å². The third-order valence-electron chi connectivity index (χ3n) is 6.46. The van der Waals surface area contributed by atoms with Crippen LogP contribution in [0.3, 0.4) is 0 Å². The average molecular weight is 469 g/mol. The second-order valence-corrected chi connectivity index (χ2v) is 10.2. The summed E-state index contributed by atoms with van der Waals surface area (Å²) in [7, 11) is 0. The number of rotatable bonds is 8. The van der Waals surface area contributed by atoms with Gasteiger partial charge in [-0.25, -0.2) is 4.39 Å². The Morgan fingerprint density at radius 3 is 2.38 bits per heavy atom. The molecule has 0 bridgehead atoms. The number of hydrogen-bond donors (Lipinski definition) is 1. The molecule has 1 saturated carbocycles. The smallest absolute Gasteiger partial charge is 0.261 e. The Morgan fingerprint density at radius 1 is 1.06 bits per heavy atom. The highest BCUT2D eigenvalue weighted by Crippen LogP contribution is 2.31. The lowest BCUT2D eigenvalue weighted by atomic mass is 9.86. The molecule has 0 radical (unpaired) electrons. The van der Waals surface area contributed by atoms with E-state index in [9.17, 15) is 14.0 Å². The molecule has 1 unspecified atom stereocenters. The van der Waals surface area contributed by atoms with Gasteiger partial charge in [-0.15, -0.1) is 0 Å². The summed E-state index contributed by atoms with van der Waals surface area (Å²) in [5.41, 5.74) is 1.20. The van der Waals surface area contributed by atoms with Crippen LogP contribution in [-0.4, -0.2) is 35.4 Å². The molecule has 3 rings (SSSR count). The Bertz CT molecular complexity index is 980. The predicted octanol–water partition coefficient (Wildman–Crippen LogP) is 5.37. The largest absolute Gasteiger partial charge is 0.483 e. The molecule has 0 aliphatic heterocycles. The van der Waals surface area contributed by atoms with Crippen molar-refractivity contribution >= 4 is 11.8 Å². The standard InChI is InChI=1S/C28H37FN2O3/c1-20(27(33)30-22-13-6-5-7-14-22)31(18-21-12-8-10-16-24(21)29)26(32)19-34-25-17-11-9-15-23(25)28(2,3)4/h8-12,15-17,20,22H,5-7,13-14,18-19H2,1-4H3,(H,30,33). The molecule has 2 amide bonds. The highest BCUT2D eigenvalue weighted by molar-refractivity contribution is 5.88. The van der Waals surface area contributed by atoms with Crippen molar-refractivity contribution in [2.24, 2.45) is 0 Å². The van der Waals surface area contributed by atoms with Gasteiger partial charge in [-0.3, -0.25) is 9.59 Å². The Balaban J connectivity index is 1.76. The maximum Gasteiger partial charge on any atom is 0.261 e. The molecule has 0 saturated heterocycles. The number of hydrogen-bond acceptors (Lipinski definition) is 3. The van der Waals surface area contributed by atoms with Crippen molar-refractivity contribution in [3.05, 3.63) is 65.5 Å². The Labute approximate surface area is 202 Å². The van der Waals surface area contributed by atoms with Crippen LogP contribution in [0.4, 0.5) is 4.39 Å². The van der Waals surface area contributed by atoms with Gasteiger partial charge in [0.2, 0.25) is 5.91 Å². The maximum absolute atomic E-state index is 14.4. The lowest BCUT2D eigenvalue weighted by molar-refractivity contribution is -0.142. The van der Waals surface area contributed by atoms with Gasteiger partial charge in [0.05, 0.1) is 0 Å². The van der Waals surface area contributed by atoms with Crippen molar-refractivity contribution in [3.63, 3.8) is 0 Å². The first-order chi connectivity index (χ1) is 16.2. The molecule has 1 aliphatic carbocycles. The molecule has 2 aromatic carbocycles. The number of para-hydroxylation sites is 1. The topological polar surface area (TPSA) is 58.6 Å². The number of carbonyl (C=O) groups excluding carboxylic acids is 2. The first-order valence-electron chi connectivity index (χ1n) is 12.2. The molecule has 0 aromatic heterocycles. The van der Waals surface area contributed by atoms with Gasteiger partial charge < -0.3 is 15.0 Å². The van der Waals surface area contributed by atoms with Crippen LogP contribution >= 0.6 is 0 Å². The highest BCUT2D eigenvalue weighted by atomic mass is 19.1. The van der Waals surface area contributed by atoms with Gasteiger partial charge in [-0.05, 0) is 42.9 Å². The van der Waals surface area contributed by atoms with Crippen LogP contribution in [0.25, 0.3) is 0 Å². The Morgan fingerprint density at radius 2 is 1.71 bits per heavy atom. The average Bonchev–Trinajstić information content (AvgIpc) is 2.82. The fourth-order valence-electron chi connectivity index (χ4n) is 4.40. The van der Waals surface area contributed by atoms with E-state index in [1.165, 1.54) is 17.4 Å². The lowest BCUT2D eigenvalue weighted by Gasteiger charge is -2.31. The molecule has 34 heavy (non-hydrogen) atoms. The summed E-state index contributed by atoms with van der Waals surface area (Å²) < 4.78 is 20.4. The maximum atomic E-state index is 14.4. The van der Waals surface area contributed by atoms with E-state index in [0.717, 1.165) is 31.2 Å². The second-order valence-electron chi connectivity index (χ2n) is 10.2. The summed E-state index contributed by atoms with van der Waals surface area (Å²) >= 11 is 0. The molecule has 1 N–H and O–H groups in total. The third kappa shape index (κ3) is 6.81. The van der Waals surface area contributed by atoms with Gasteiger partial charge >= 0.3 is 0 Å². The second kappa shape index (κ2) is 11.5. The summed E-state index contributed by atoms with van der Waals surface area (Å²) in [6.45, 7) is 7.70. The normalized spacial score (nSPS) is 15.4. The molecule has 5 nitrogen and oxygen atoms in total. The number of halogens is 1. The first-order valence-corrected chi connectivity index (χ1v) is 12.2. The first kappa shape index (κ1) is 25.7. The van der Waals surface area contributed by atoms with Gasteiger partial charge in [0.25, 0.3) is 5.91 Å². The number of nitrogens with zero attached hydrogens (tertiary/aromatic N) is 1. The summed E-state index contributed by atoms with van der Waals surface area (Å²) in [6.07, 6.45) is 5.28. The van der Waals surface area contributed by atoms with E-state index in [-0.39, 0.29) is 36.4 Å². The minimum atomic E-state index is -0.754. The zero-order valence-corrected chi connectivity index (χ0v) is 20.8. The summed E-state index contributed by atoms with van der Waals surface area (Å²) in [6, 6.07) is 13.3. The predicted molar refractivity (Wildman–Crippen MR) is 132 cm³/mol. The van der Waals surface area contributed by atoms with E-state index in [1.54, 1.807) is 25.1 Å². The number of nitrogens with one attached hydrogen (secondary N) is 1. The summed E-state index contributed by atoms with van der Waals surface area (Å²) in [4.78, 5) is 27.8. The van der Waals surface area contributed by atoms with Crippen molar-refractivity contribution in [1.29, 1.82) is 0 Å². The molecular weight excluding hydrogens is 431 g/mol. The van der Waals surface area contributed by atoms with E-state index in [0.29, 0.717) is 11.3 Å². The van der Waals surface area contributed by atoms with Crippen LogP contribution in [0, 0.1) is 5.82 Å². The summed E-state index contributed by atoms with van der Waals surface area (Å²) in [5, 5.41) is 3.09. The van der Waals surface area contributed by atoms with E-state index in [2.05, 4.69) is 26.1 Å². The van der Waals surface area contributed by atoms with Crippen molar-refractivity contribution < 1.29 is 18.7 Å². The SMILES string of the molecule is CC(C(=O)NC1CCCCC1)N(Cc1ccccc1F)C(=O)COc1ccccc1C(C)(C)C. The van der Waals surface area contributed by atoms with Gasteiger partial charge in [-0.1, -0.05) is 76.4 Å². The van der Waals surface area contributed by atoms with Crippen LogP contribution < -0.4 is 10.1 Å². The van der Waals surface area contributed by atoms with Gasteiger partial charge in [0.1, 0.15) is 17.6 Å². The van der Waals surface area contributed by atoms with Crippen molar-refractivity contribution in [1.82, 2.24) is 10.2 Å². The number of carbonyl (C=O) groups is 2. The Kier molecular flexibility index (Phi) is 8.70. The highest BCUT2D eigenvalue weighted by Gasteiger charge is 2.29. The summed E-state index contributed by atoms with van der Waals surface area (Å²) in [5.74, 6) is -0.349. The van der Waals surface area contributed by atoms with Gasteiger partial charge in [0.15, 0.2) is 6.61 Å². The minimum absolute atomic E-state index is 0.00492. The number of amides is 2. The van der Waals surface area contributed by atoms with E-state index < -0.39 is 11.9 Å². The molecule has 1 aliphatic rings. The van der Waals surface area contributed by atoms with Crippen molar-refractivity contribution in [2.75, 3.05) is 6.61 Å². The van der Waals surface area contributed by atoms with Crippen molar-refractivity contribution in [2.45, 2.75) is 83.8 Å². The quantitative estimate of drug-likeness (QED) is 0.567. The number of benzene rings is 2. The molecule has 1 atom stereocenters. The van der Waals surface area contributed by atoms with Crippen molar-refractivity contribution in [3.8, 4) is 5.75 Å². The molecule has 1 fully saturated rings. The van der Waals surface area contributed by atoms with Gasteiger partial charge in [0, 0.05) is 18.2 Å². The Hall–Kier alpha value is -2.89. The zero-order chi connectivity index (χ0) is 24.7. The molecule has 184 valence electrons. The van der Waals surface area contributed by atoms with E-state index in [4.69, 9.17) is 4.74 Å². The number of ether oxygens (including phenoxy) is 1. The lowest BCUT2D eigenvalue weighted by Crippen LogP contribution is -2.51. The monoisotopic (exact) mass is 468 g/mol. The molecular formula is C28H37FN2O3.